The topological polar surface area (TPSA) is 38.7 Å². The second kappa shape index (κ2) is 7.41. The number of carbonyl (C=O) groups excluding carboxylic acids is 1. The van der Waals surface area contributed by atoms with Gasteiger partial charge in [-0.2, -0.15) is 0 Å². The van der Waals surface area contributed by atoms with Crippen LogP contribution in [0.25, 0.3) is 0 Å². The molecule has 0 saturated heterocycles. The van der Waals surface area contributed by atoms with E-state index >= 15 is 0 Å². The minimum absolute atomic E-state index is 0.373. The van der Waals surface area contributed by atoms with Crippen LogP contribution in [0.15, 0.2) is 29.3 Å². The fourth-order valence-corrected chi connectivity index (χ4v) is 1.57. The van der Waals surface area contributed by atoms with Gasteiger partial charge < -0.3 is 4.74 Å². The Morgan fingerprint density at radius 3 is 2.81 bits per heavy atom. The van der Waals surface area contributed by atoms with Gasteiger partial charge in [0.15, 0.2) is 0 Å². The molecule has 0 fully saturated rings. The maximum atomic E-state index is 11.3. The van der Waals surface area contributed by atoms with Gasteiger partial charge in [-0.1, -0.05) is 11.6 Å². The molecule has 0 aliphatic rings. The Labute approximate surface area is 108 Å². The highest BCUT2D eigenvalue weighted by Gasteiger charge is 2.04. The average molecular weight is 274 g/mol. The molecular formula is C10H8ClNO2S2. The van der Waals surface area contributed by atoms with Crippen LogP contribution in [0.4, 0.5) is 4.79 Å². The summed E-state index contributed by atoms with van der Waals surface area (Å²) < 4.78 is 5.03. The zero-order chi connectivity index (χ0) is 11.8. The number of benzene rings is 1. The molecule has 6 heteroatoms. The standard InChI is InChI=1S/C10H8ClNO2S2/c11-8-1-3-9(4-2-8)14-10(13)16-6-5-12-7-15/h1-4H,5-6H2. The van der Waals surface area contributed by atoms with Crippen LogP contribution in [-0.2, 0) is 0 Å². The lowest BCUT2D eigenvalue weighted by Gasteiger charge is -2.02. The predicted molar refractivity (Wildman–Crippen MR) is 69.8 cm³/mol. The van der Waals surface area contributed by atoms with Crippen molar-refractivity contribution in [1.82, 2.24) is 0 Å². The lowest BCUT2D eigenvalue weighted by molar-refractivity contribution is 0.227. The largest absolute Gasteiger partial charge is 0.418 e. The van der Waals surface area contributed by atoms with Crippen LogP contribution in [0.2, 0.25) is 5.02 Å². The molecule has 0 spiro atoms. The monoisotopic (exact) mass is 273 g/mol. The first-order valence-electron chi connectivity index (χ1n) is 4.36. The van der Waals surface area contributed by atoms with Gasteiger partial charge in [0.25, 0.3) is 0 Å². The van der Waals surface area contributed by atoms with Crippen molar-refractivity contribution in [3.8, 4) is 5.75 Å². The third-order valence-corrected chi connectivity index (χ3v) is 2.59. The van der Waals surface area contributed by atoms with Crippen molar-refractivity contribution in [2.75, 3.05) is 12.3 Å². The second-order valence-corrected chi connectivity index (χ2v) is 4.28. The number of carbonyl (C=O) groups is 1. The summed E-state index contributed by atoms with van der Waals surface area (Å²) in [7, 11) is 0. The minimum Gasteiger partial charge on any atom is -0.418 e. The number of thiocarbonyl (C=S) groups is 1. The number of ether oxygens (including phenoxy) is 1. The number of nitrogens with zero attached hydrogens (tertiary/aromatic N) is 1. The molecule has 1 aromatic rings. The summed E-state index contributed by atoms with van der Waals surface area (Å²) >= 11 is 11.1. The molecule has 0 N–H and O–H groups in total. The fourth-order valence-electron chi connectivity index (χ4n) is 0.849. The van der Waals surface area contributed by atoms with Gasteiger partial charge in [0, 0.05) is 10.8 Å². The molecule has 3 nitrogen and oxygen atoms in total. The van der Waals surface area contributed by atoms with E-state index in [2.05, 4.69) is 22.4 Å². The predicted octanol–water partition coefficient (Wildman–Crippen LogP) is 3.67. The van der Waals surface area contributed by atoms with E-state index in [4.69, 9.17) is 16.3 Å². The number of aliphatic imine (C=N–C) groups is 1. The number of hydrogen-bond acceptors (Lipinski definition) is 5. The van der Waals surface area contributed by atoms with Gasteiger partial charge >= 0.3 is 5.30 Å². The van der Waals surface area contributed by atoms with E-state index < -0.39 is 0 Å². The molecule has 1 aromatic carbocycles. The fraction of sp³-hybridized carbons (Fsp3) is 0.200. The van der Waals surface area contributed by atoms with Crippen LogP contribution in [0.3, 0.4) is 0 Å². The van der Waals surface area contributed by atoms with Gasteiger partial charge in [-0.25, -0.2) is 9.79 Å². The Balaban J connectivity index is 2.34. The van der Waals surface area contributed by atoms with Crippen LogP contribution in [0.5, 0.6) is 5.75 Å². The quantitative estimate of drug-likeness (QED) is 0.363. The highest BCUT2D eigenvalue weighted by Crippen LogP contribution is 2.17. The first-order chi connectivity index (χ1) is 7.72. The summed E-state index contributed by atoms with van der Waals surface area (Å²) in [5.41, 5.74) is 0. The lowest BCUT2D eigenvalue weighted by Crippen LogP contribution is -2.02. The molecule has 0 heterocycles. The highest BCUT2D eigenvalue weighted by atomic mass is 35.5. The van der Waals surface area contributed by atoms with Crippen molar-refractivity contribution in [3.05, 3.63) is 29.3 Å². The number of rotatable bonds is 4. The van der Waals surface area contributed by atoms with Gasteiger partial charge in [0.2, 0.25) is 0 Å². The van der Waals surface area contributed by atoms with Gasteiger partial charge in [-0.05, 0) is 48.2 Å². The molecular weight excluding hydrogens is 266 g/mol. The van der Waals surface area contributed by atoms with Crippen LogP contribution in [-0.4, -0.2) is 22.8 Å². The Kier molecular flexibility index (Phi) is 6.11. The first-order valence-corrected chi connectivity index (χ1v) is 6.13. The van der Waals surface area contributed by atoms with Crippen molar-refractivity contribution < 1.29 is 9.53 Å². The van der Waals surface area contributed by atoms with Gasteiger partial charge in [-0.3, -0.25) is 0 Å². The molecule has 0 atom stereocenters. The lowest BCUT2D eigenvalue weighted by atomic mass is 10.3. The molecule has 0 bridgehead atoms. The second-order valence-electron chi connectivity index (χ2n) is 2.63. The minimum atomic E-state index is -0.373. The van der Waals surface area contributed by atoms with E-state index in [0.29, 0.717) is 23.1 Å². The molecule has 0 unspecified atom stereocenters. The van der Waals surface area contributed by atoms with Crippen molar-refractivity contribution in [1.29, 1.82) is 0 Å². The van der Waals surface area contributed by atoms with Gasteiger partial charge in [-0.15, -0.1) is 0 Å². The van der Waals surface area contributed by atoms with Crippen LogP contribution in [0, 0.1) is 0 Å². The van der Waals surface area contributed by atoms with E-state index in [1.165, 1.54) is 0 Å². The van der Waals surface area contributed by atoms with E-state index in [-0.39, 0.29) is 5.30 Å². The Bertz CT molecular complexity index is 402. The summed E-state index contributed by atoms with van der Waals surface area (Å²) in [4.78, 5) is 15.0. The number of thioether (sulfide) groups is 1. The summed E-state index contributed by atoms with van der Waals surface area (Å²) in [6.07, 6.45) is 0. The average Bonchev–Trinajstić information content (AvgIpc) is 2.28. The van der Waals surface area contributed by atoms with Crippen LogP contribution < -0.4 is 4.74 Å². The molecule has 0 aliphatic heterocycles. The van der Waals surface area contributed by atoms with Crippen LogP contribution in [0.1, 0.15) is 0 Å². The molecule has 84 valence electrons. The van der Waals surface area contributed by atoms with E-state index in [9.17, 15) is 4.79 Å². The molecule has 1 rings (SSSR count). The zero-order valence-electron chi connectivity index (χ0n) is 8.18. The SMILES string of the molecule is O=C(Oc1ccc(Cl)cc1)SCCN=C=S. The number of hydrogen-bond donors (Lipinski definition) is 0. The third kappa shape index (κ3) is 5.28. The summed E-state index contributed by atoms with van der Waals surface area (Å²) in [5.74, 6) is 0.996. The molecule has 16 heavy (non-hydrogen) atoms. The Morgan fingerprint density at radius 1 is 1.50 bits per heavy atom. The molecule has 0 amide bonds. The number of halogens is 1. The Morgan fingerprint density at radius 2 is 2.19 bits per heavy atom. The van der Waals surface area contributed by atoms with E-state index in [1.54, 1.807) is 24.3 Å². The van der Waals surface area contributed by atoms with Gasteiger partial charge in [0.1, 0.15) is 5.75 Å². The molecule has 0 aromatic heterocycles. The number of isothiocyanates is 1. The van der Waals surface area contributed by atoms with Crippen LogP contribution >= 0.6 is 35.6 Å². The van der Waals surface area contributed by atoms with Crippen molar-refractivity contribution in [2.24, 2.45) is 4.99 Å². The van der Waals surface area contributed by atoms with E-state index in [0.717, 1.165) is 11.8 Å². The molecule has 0 radical (unpaired) electrons. The summed E-state index contributed by atoms with van der Waals surface area (Å²) in [5, 5.41) is 2.45. The van der Waals surface area contributed by atoms with Crippen molar-refractivity contribution in [3.63, 3.8) is 0 Å². The first kappa shape index (κ1) is 13.2. The third-order valence-electron chi connectivity index (χ3n) is 1.50. The maximum absolute atomic E-state index is 11.3. The van der Waals surface area contributed by atoms with Crippen molar-refractivity contribution in [2.45, 2.75) is 0 Å². The zero-order valence-corrected chi connectivity index (χ0v) is 10.6. The smallest absolute Gasteiger partial charge is 0.372 e. The molecule has 0 saturated carbocycles. The van der Waals surface area contributed by atoms with Crippen molar-refractivity contribution >= 4 is 46.0 Å². The molecule has 0 aliphatic carbocycles. The van der Waals surface area contributed by atoms with E-state index in [1.807, 2.05) is 0 Å². The maximum Gasteiger partial charge on any atom is 0.372 e. The Hall–Kier alpha value is -0.870. The highest BCUT2D eigenvalue weighted by molar-refractivity contribution is 8.13. The van der Waals surface area contributed by atoms with Gasteiger partial charge in [0.05, 0.1) is 11.7 Å². The summed E-state index contributed by atoms with van der Waals surface area (Å²) in [6.45, 7) is 0.462. The summed E-state index contributed by atoms with van der Waals surface area (Å²) in [6, 6.07) is 6.59. The normalized spacial score (nSPS) is 9.31.